The maximum Gasteiger partial charge on any atom is 0.293 e. The molecule has 7 heteroatoms. The van der Waals surface area contributed by atoms with Crippen LogP contribution in [0.15, 0.2) is 54.3 Å². The predicted molar refractivity (Wildman–Crippen MR) is 105 cm³/mol. The van der Waals surface area contributed by atoms with E-state index in [4.69, 9.17) is 16.3 Å². The van der Waals surface area contributed by atoms with Crippen molar-refractivity contribution in [2.24, 2.45) is 0 Å². The average molecular weight is 389 g/mol. The first-order valence-corrected chi connectivity index (χ1v) is 9.81. The lowest BCUT2D eigenvalue weighted by Gasteiger charge is -2.20. The number of anilines is 1. The molecule has 4 nitrogen and oxygen atoms in total. The zero-order valence-corrected chi connectivity index (χ0v) is 15.4. The van der Waals surface area contributed by atoms with Gasteiger partial charge in [0.15, 0.2) is 10.9 Å². The number of thioether (sulfide) groups is 1. The summed E-state index contributed by atoms with van der Waals surface area (Å²) in [6.07, 6.45) is 0. The van der Waals surface area contributed by atoms with Crippen molar-refractivity contribution in [2.45, 2.75) is 0 Å². The number of nitrogens with zero attached hydrogens (tertiary/aromatic N) is 1. The Labute approximate surface area is 157 Å². The molecule has 0 unspecified atom stereocenters. The number of rotatable bonds is 3. The van der Waals surface area contributed by atoms with Crippen molar-refractivity contribution >= 4 is 60.9 Å². The van der Waals surface area contributed by atoms with E-state index in [9.17, 15) is 4.79 Å². The van der Waals surface area contributed by atoms with Crippen LogP contribution in [0, 0.1) is 0 Å². The molecule has 0 bridgehead atoms. The Hall–Kier alpha value is -2.02. The van der Waals surface area contributed by atoms with Crippen LogP contribution in [0.25, 0.3) is 15.1 Å². The number of aromatic nitrogens is 1. The summed E-state index contributed by atoms with van der Waals surface area (Å²) < 4.78 is 6.60. The molecule has 3 aromatic rings. The zero-order valence-electron chi connectivity index (χ0n) is 13.0. The number of ether oxygens (including phenoxy) is 1. The molecule has 2 heterocycles. The van der Waals surface area contributed by atoms with E-state index in [1.165, 1.54) is 11.3 Å². The molecule has 0 radical (unpaired) electrons. The summed E-state index contributed by atoms with van der Waals surface area (Å²) in [7, 11) is 0. The highest BCUT2D eigenvalue weighted by Crippen LogP contribution is 2.35. The minimum Gasteiger partial charge on any atom is -0.486 e. The van der Waals surface area contributed by atoms with Gasteiger partial charge in [-0.1, -0.05) is 53.3 Å². The van der Waals surface area contributed by atoms with E-state index in [2.05, 4.69) is 10.3 Å². The largest absolute Gasteiger partial charge is 0.486 e. The van der Waals surface area contributed by atoms with E-state index in [0.717, 1.165) is 26.4 Å². The number of hydrogen-bond acceptors (Lipinski definition) is 5. The summed E-state index contributed by atoms with van der Waals surface area (Å²) in [5, 5.41) is 4.03. The van der Waals surface area contributed by atoms with E-state index in [1.54, 1.807) is 17.8 Å². The Kier molecular flexibility index (Phi) is 4.65. The van der Waals surface area contributed by atoms with Crippen molar-refractivity contribution in [3.05, 3.63) is 64.9 Å². The lowest BCUT2D eigenvalue weighted by atomic mass is 10.2. The van der Waals surface area contributed by atoms with Crippen molar-refractivity contribution < 1.29 is 9.53 Å². The van der Waals surface area contributed by atoms with Crippen molar-refractivity contribution in [3.8, 4) is 0 Å². The second kappa shape index (κ2) is 7.07. The Morgan fingerprint density at radius 1 is 1.20 bits per heavy atom. The third-order valence-electron chi connectivity index (χ3n) is 3.60. The predicted octanol–water partition coefficient (Wildman–Crippen LogP) is 5.02. The number of carbonyl (C=O) groups is 1. The highest BCUT2D eigenvalue weighted by atomic mass is 35.5. The van der Waals surface area contributed by atoms with Crippen molar-refractivity contribution in [2.75, 3.05) is 17.7 Å². The van der Waals surface area contributed by atoms with Crippen LogP contribution in [0.5, 0.6) is 0 Å². The van der Waals surface area contributed by atoms with E-state index >= 15 is 0 Å². The summed E-state index contributed by atoms with van der Waals surface area (Å²) in [4.78, 5) is 18.0. The van der Waals surface area contributed by atoms with Crippen LogP contribution in [-0.4, -0.2) is 23.3 Å². The first kappa shape index (κ1) is 16.4. The van der Waals surface area contributed by atoms with Gasteiger partial charge in [0.1, 0.15) is 0 Å². The van der Waals surface area contributed by atoms with Crippen LogP contribution in [0.2, 0.25) is 5.02 Å². The number of thiazole rings is 1. The molecule has 1 aliphatic heterocycles. The highest BCUT2D eigenvalue weighted by molar-refractivity contribution is 8.08. The molecule has 0 atom stereocenters. The SMILES string of the molecule is O=C(Nc1nc2ccc(Cl)cc2s1)C1=C(c2ccccc2)SCCO1. The fourth-order valence-corrected chi connectivity index (χ4v) is 4.59. The Bertz CT molecular complexity index is 970. The Morgan fingerprint density at radius 2 is 2.04 bits per heavy atom. The van der Waals surface area contributed by atoms with Gasteiger partial charge in [0.25, 0.3) is 5.91 Å². The smallest absolute Gasteiger partial charge is 0.293 e. The standard InChI is InChI=1S/C18H13ClN2O2S2/c19-12-6-7-13-14(10-12)25-18(20-13)21-17(22)15-16(24-9-8-23-15)11-4-2-1-3-5-11/h1-7,10H,8-9H2,(H,20,21,22). The van der Waals surface area contributed by atoms with Gasteiger partial charge in [0, 0.05) is 10.8 Å². The van der Waals surface area contributed by atoms with Crippen LogP contribution >= 0.6 is 34.7 Å². The van der Waals surface area contributed by atoms with Gasteiger partial charge in [-0.2, -0.15) is 0 Å². The summed E-state index contributed by atoms with van der Waals surface area (Å²) in [6.45, 7) is 0.513. The molecule has 0 aliphatic carbocycles. The highest BCUT2D eigenvalue weighted by Gasteiger charge is 2.23. The number of nitrogens with one attached hydrogen (secondary N) is 1. The van der Waals surface area contributed by atoms with Crippen LogP contribution in [0.3, 0.4) is 0 Å². The number of fused-ring (bicyclic) bond motifs is 1. The topological polar surface area (TPSA) is 51.2 Å². The monoisotopic (exact) mass is 388 g/mol. The molecule has 25 heavy (non-hydrogen) atoms. The van der Waals surface area contributed by atoms with Crippen LogP contribution in [0.4, 0.5) is 5.13 Å². The molecule has 0 saturated carbocycles. The van der Waals surface area contributed by atoms with Gasteiger partial charge < -0.3 is 4.74 Å². The summed E-state index contributed by atoms with van der Waals surface area (Å²) in [5.41, 5.74) is 1.79. The molecular weight excluding hydrogens is 376 g/mol. The molecule has 126 valence electrons. The molecule has 2 aromatic carbocycles. The fraction of sp³-hybridized carbons (Fsp3) is 0.111. The molecular formula is C18H13ClN2O2S2. The number of carbonyl (C=O) groups excluding carboxylic acids is 1. The van der Waals surface area contributed by atoms with Gasteiger partial charge in [0.05, 0.1) is 21.7 Å². The maximum atomic E-state index is 12.7. The minimum atomic E-state index is -0.281. The summed E-state index contributed by atoms with van der Waals surface area (Å²) in [5.74, 6) is 0.886. The zero-order chi connectivity index (χ0) is 17.2. The molecule has 1 aliphatic rings. The number of halogens is 1. The quantitative estimate of drug-likeness (QED) is 0.684. The normalized spacial score (nSPS) is 14.4. The lowest BCUT2D eigenvalue weighted by Crippen LogP contribution is -2.21. The van der Waals surface area contributed by atoms with Crippen molar-refractivity contribution in [1.82, 2.24) is 4.98 Å². The maximum absolute atomic E-state index is 12.7. The number of benzene rings is 2. The van der Waals surface area contributed by atoms with Gasteiger partial charge in [-0.25, -0.2) is 4.98 Å². The van der Waals surface area contributed by atoms with E-state index in [-0.39, 0.29) is 5.91 Å². The Balaban J connectivity index is 1.64. The molecule has 4 rings (SSSR count). The molecule has 0 fully saturated rings. The molecule has 0 spiro atoms. The average Bonchev–Trinajstić information content (AvgIpc) is 3.03. The third-order valence-corrected chi connectivity index (χ3v) is 5.84. The van der Waals surface area contributed by atoms with Crippen LogP contribution in [0.1, 0.15) is 5.56 Å². The van der Waals surface area contributed by atoms with Crippen molar-refractivity contribution in [1.29, 1.82) is 0 Å². The van der Waals surface area contributed by atoms with Gasteiger partial charge in [-0.15, -0.1) is 11.8 Å². The lowest BCUT2D eigenvalue weighted by molar-refractivity contribution is -0.115. The van der Waals surface area contributed by atoms with Gasteiger partial charge >= 0.3 is 0 Å². The minimum absolute atomic E-state index is 0.281. The second-order valence-electron chi connectivity index (χ2n) is 5.31. The van der Waals surface area contributed by atoms with E-state index < -0.39 is 0 Å². The first-order chi connectivity index (χ1) is 12.2. The first-order valence-electron chi connectivity index (χ1n) is 7.63. The second-order valence-corrected chi connectivity index (χ2v) is 7.88. The summed E-state index contributed by atoms with van der Waals surface area (Å²) >= 11 is 9.02. The fourth-order valence-electron chi connectivity index (χ4n) is 2.50. The number of amides is 1. The van der Waals surface area contributed by atoms with E-state index in [1.807, 2.05) is 42.5 Å². The molecule has 1 amide bonds. The molecule has 1 N–H and O–H groups in total. The Morgan fingerprint density at radius 3 is 2.88 bits per heavy atom. The molecule has 1 aromatic heterocycles. The van der Waals surface area contributed by atoms with Crippen LogP contribution in [-0.2, 0) is 9.53 Å². The molecule has 0 saturated heterocycles. The number of hydrogen-bond donors (Lipinski definition) is 1. The summed E-state index contributed by atoms with van der Waals surface area (Å²) in [6, 6.07) is 15.3. The van der Waals surface area contributed by atoms with Crippen molar-refractivity contribution in [3.63, 3.8) is 0 Å². The third kappa shape index (κ3) is 3.51. The van der Waals surface area contributed by atoms with Crippen LogP contribution < -0.4 is 5.32 Å². The van der Waals surface area contributed by atoms with E-state index in [0.29, 0.717) is 22.5 Å². The van der Waals surface area contributed by atoms with Gasteiger partial charge in [-0.05, 0) is 23.8 Å². The van der Waals surface area contributed by atoms with Gasteiger partial charge in [-0.3, -0.25) is 10.1 Å². The van der Waals surface area contributed by atoms with Gasteiger partial charge in [0.2, 0.25) is 0 Å².